The molecule has 0 spiro atoms. The summed E-state index contributed by atoms with van der Waals surface area (Å²) < 4.78 is 1.12. The SMILES string of the molecule is OC(CCC1CCCC1)CSc1ccccc1Br. The van der Waals surface area contributed by atoms with Gasteiger partial charge in [-0.15, -0.1) is 11.8 Å². The molecule has 0 saturated heterocycles. The van der Waals surface area contributed by atoms with Crippen molar-refractivity contribution in [3.8, 4) is 0 Å². The molecule has 100 valence electrons. The molecule has 1 saturated carbocycles. The van der Waals surface area contributed by atoms with Crippen molar-refractivity contribution in [1.82, 2.24) is 0 Å². The molecule has 1 atom stereocenters. The molecular formula is C15H21BrOS. The summed E-state index contributed by atoms with van der Waals surface area (Å²) in [5.41, 5.74) is 0. The van der Waals surface area contributed by atoms with E-state index in [4.69, 9.17) is 0 Å². The number of aliphatic hydroxyl groups is 1. The van der Waals surface area contributed by atoms with Crippen molar-refractivity contribution in [2.75, 3.05) is 5.75 Å². The van der Waals surface area contributed by atoms with Gasteiger partial charge in [-0.05, 0) is 46.8 Å². The zero-order valence-electron chi connectivity index (χ0n) is 10.6. The molecule has 3 heteroatoms. The van der Waals surface area contributed by atoms with Gasteiger partial charge in [-0.3, -0.25) is 0 Å². The normalized spacial score (nSPS) is 18.1. The standard InChI is InChI=1S/C15H21BrOS/c16-14-7-3-4-8-15(14)18-11-13(17)10-9-12-5-1-2-6-12/h3-4,7-8,12-13,17H,1-2,5-6,9-11H2. The first-order valence-corrected chi connectivity index (χ1v) is 8.59. The van der Waals surface area contributed by atoms with E-state index in [0.29, 0.717) is 0 Å². The van der Waals surface area contributed by atoms with Gasteiger partial charge >= 0.3 is 0 Å². The van der Waals surface area contributed by atoms with Crippen molar-refractivity contribution in [1.29, 1.82) is 0 Å². The van der Waals surface area contributed by atoms with Gasteiger partial charge in [0.05, 0.1) is 6.10 Å². The van der Waals surface area contributed by atoms with Gasteiger partial charge in [-0.2, -0.15) is 0 Å². The Morgan fingerprint density at radius 2 is 2.00 bits per heavy atom. The van der Waals surface area contributed by atoms with Gasteiger partial charge in [0.15, 0.2) is 0 Å². The maximum Gasteiger partial charge on any atom is 0.0634 e. The Bertz CT molecular complexity index is 363. The number of hydrogen-bond donors (Lipinski definition) is 1. The van der Waals surface area contributed by atoms with Gasteiger partial charge in [-0.25, -0.2) is 0 Å². The van der Waals surface area contributed by atoms with E-state index >= 15 is 0 Å². The van der Waals surface area contributed by atoms with E-state index in [1.165, 1.54) is 37.0 Å². The van der Waals surface area contributed by atoms with Crippen LogP contribution in [0.5, 0.6) is 0 Å². The quantitative estimate of drug-likeness (QED) is 0.751. The molecule has 1 nitrogen and oxygen atoms in total. The Kier molecular flexibility index (Phi) is 6.06. The number of aliphatic hydroxyl groups excluding tert-OH is 1. The number of benzene rings is 1. The van der Waals surface area contributed by atoms with E-state index in [-0.39, 0.29) is 6.10 Å². The molecular weight excluding hydrogens is 308 g/mol. The average Bonchev–Trinajstić information content (AvgIpc) is 2.88. The molecule has 1 aliphatic carbocycles. The molecule has 0 amide bonds. The average molecular weight is 329 g/mol. The maximum absolute atomic E-state index is 10.0. The van der Waals surface area contributed by atoms with Crippen LogP contribution >= 0.6 is 27.7 Å². The van der Waals surface area contributed by atoms with Crippen LogP contribution in [-0.4, -0.2) is 17.0 Å². The first-order chi connectivity index (χ1) is 8.75. The Morgan fingerprint density at radius 1 is 1.28 bits per heavy atom. The number of rotatable bonds is 6. The van der Waals surface area contributed by atoms with Gasteiger partial charge < -0.3 is 5.11 Å². The summed E-state index contributed by atoms with van der Waals surface area (Å²) in [5.74, 6) is 1.68. The van der Waals surface area contributed by atoms with E-state index in [1.54, 1.807) is 11.8 Å². The summed E-state index contributed by atoms with van der Waals surface area (Å²) in [7, 11) is 0. The van der Waals surface area contributed by atoms with Crippen molar-refractivity contribution in [2.45, 2.75) is 49.5 Å². The molecule has 1 fully saturated rings. The third-order valence-electron chi connectivity index (χ3n) is 3.65. The molecule has 1 aliphatic rings. The predicted octanol–water partition coefficient (Wildman–Crippen LogP) is 4.87. The van der Waals surface area contributed by atoms with Crippen LogP contribution in [-0.2, 0) is 0 Å². The summed E-state index contributed by atoms with van der Waals surface area (Å²) in [4.78, 5) is 1.22. The van der Waals surface area contributed by atoms with E-state index in [2.05, 4.69) is 22.0 Å². The Labute approximate surface area is 122 Å². The van der Waals surface area contributed by atoms with Crippen LogP contribution in [0.1, 0.15) is 38.5 Å². The summed E-state index contributed by atoms with van der Waals surface area (Å²) >= 11 is 5.28. The monoisotopic (exact) mass is 328 g/mol. The topological polar surface area (TPSA) is 20.2 Å². The molecule has 18 heavy (non-hydrogen) atoms. The molecule has 1 N–H and O–H groups in total. The van der Waals surface area contributed by atoms with E-state index in [0.717, 1.165) is 22.6 Å². The Morgan fingerprint density at radius 3 is 2.72 bits per heavy atom. The minimum absolute atomic E-state index is 0.164. The first kappa shape index (κ1) is 14.4. The highest BCUT2D eigenvalue weighted by Crippen LogP contribution is 2.31. The van der Waals surface area contributed by atoms with Crippen molar-refractivity contribution in [2.24, 2.45) is 5.92 Å². The van der Waals surface area contributed by atoms with Crippen molar-refractivity contribution in [3.63, 3.8) is 0 Å². The molecule has 1 aromatic rings. The molecule has 0 heterocycles. The fraction of sp³-hybridized carbons (Fsp3) is 0.600. The number of hydrogen-bond acceptors (Lipinski definition) is 2. The Balaban J connectivity index is 1.68. The zero-order valence-corrected chi connectivity index (χ0v) is 13.0. The second kappa shape index (κ2) is 7.56. The van der Waals surface area contributed by atoms with E-state index in [9.17, 15) is 5.11 Å². The molecule has 0 aromatic heterocycles. The second-order valence-corrected chi connectivity index (χ2v) is 7.04. The van der Waals surface area contributed by atoms with Crippen LogP contribution in [0.3, 0.4) is 0 Å². The Hall–Kier alpha value is 0.01000. The molecule has 2 rings (SSSR count). The number of halogens is 1. The van der Waals surface area contributed by atoms with Crippen LogP contribution in [0, 0.1) is 5.92 Å². The first-order valence-electron chi connectivity index (χ1n) is 6.81. The third kappa shape index (κ3) is 4.60. The van der Waals surface area contributed by atoms with Gasteiger partial charge in [-0.1, -0.05) is 37.8 Å². The number of thioether (sulfide) groups is 1. The highest BCUT2D eigenvalue weighted by molar-refractivity contribution is 9.10. The largest absolute Gasteiger partial charge is 0.392 e. The molecule has 1 aromatic carbocycles. The summed E-state index contributed by atoms with van der Waals surface area (Å²) in [6.45, 7) is 0. The van der Waals surface area contributed by atoms with Gasteiger partial charge in [0, 0.05) is 15.1 Å². The smallest absolute Gasteiger partial charge is 0.0634 e. The zero-order chi connectivity index (χ0) is 12.8. The third-order valence-corrected chi connectivity index (χ3v) is 5.82. The van der Waals surface area contributed by atoms with Gasteiger partial charge in [0.25, 0.3) is 0 Å². The van der Waals surface area contributed by atoms with E-state index < -0.39 is 0 Å². The van der Waals surface area contributed by atoms with Crippen LogP contribution in [0.2, 0.25) is 0 Å². The molecule has 0 bridgehead atoms. The lowest BCUT2D eigenvalue weighted by molar-refractivity contribution is 0.178. The lowest BCUT2D eigenvalue weighted by Crippen LogP contribution is -2.11. The predicted molar refractivity (Wildman–Crippen MR) is 82.1 cm³/mol. The molecule has 0 aliphatic heterocycles. The van der Waals surface area contributed by atoms with Gasteiger partial charge in [0.2, 0.25) is 0 Å². The highest BCUT2D eigenvalue weighted by Gasteiger charge is 2.16. The van der Waals surface area contributed by atoms with Crippen LogP contribution < -0.4 is 0 Å². The summed E-state index contributed by atoms with van der Waals surface area (Å²) in [6, 6.07) is 8.20. The van der Waals surface area contributed by atoms with Crippen molar-refractivity contribution in [3.05, 3.63) is 28.7 Å². The second-order valence-electron chi connectivity index (χ2n) is 5.12. The molecule has 0 radical (unpaired) electrons. The summed E-state index contributed by atoms with van der Waals surface area (Å²) in [5, 5.41) is 10.0. The lowest BCUT2D eigenvalue weighted by Gasteiger charge is -2.14. The fourth-order valence-electron chi connectivity index (χ4n) is 2.56. The lowest BCUT2D eigenvalue weighted by atomic mass is 10.0. The van der Waals surface area contributed by atoms with Crippen LogP contribution in [0.25, 0.3) is 0 Å². The molecule has 1 unspecified atom stereocenters. The van der Waals surface area contributed by atoms with Crippen molar-refractivity contribution >= 4 is 27.7 Å². The van der Waals surface area contributed by atoms with Crippen molar-refractivity contribution < 1.29 is 5.11 Å². The van der Waals surface area contributed by atoms with Crippen LogP contribution in [0.15, 0.2) is 33.6 Å². The van der Waals surface area contributed by atoms with Gasteiger partial charge in [0.1, 0.15) is 0 Å². The fourth-order valence-corrected chi connectivity index (χ4v) is 4.11. The minimum atomic E-state index is -0.164. The summed E-state index contributed by atoms with van der Waals surface area (Å²) in [6.07, 6.45) is 7.55. The maximum atomic E-state index is 10.0. The van der Waals surface area contributed by atoms with Crippen LogP contribution in [0.4, 0.5) is 0 Å². The highest BCUT2D eigenvalue weighted by atomic mass is 79.9. The van der Waals surface area contributed by atoms with E-state index in [1.807, 2.05) is 18.2 Å². The minimum Gasteiger partial charge on any atom is -0.392 e.